The zero-order valence-corrected chi connectivity index (χ0v) is 44.0. The molecule has 0 spiro atoms. The van der Waals surface area contributed by atoms with E-state index in [0.717, 1.165) is 112 Å². The zero-order valence-electron chi connectivity index (χ0n) is 43.2. The molecule has 0 aliphatic heterocycles. The van der Waals surface area contributed by atoms with Crippen LogP contribution in [-0.4, -0.2) is 99.0 Å². The number of carbonyl (C=O) groups is 3. The predicted octanol–water partition coefficient (Wildman–Crippen LogP) is 8.69. The second kappa shape index (κ2) is 36.1. The third kappa shape index (κ3) is 25.5. The summed E-state index contributed by atoms with van der Waals surface area (Å²) in [4.78, 5) is 41.4. The number of aliphatic carboxylic acids is 1. The summed E-state index contributed by atoms with van der Waals surface area (Å²) in [5, 5.41) is 45.1. The first-order valence-electron chi connectivity index (χ1n) is 26.2. The number of carbonyl (C=O) groups excluding carboxylic acids is 2. The second-order valence-corrected chi connectivity index (χ2v) is 20.4. The number of nitrogens with one attached hydrogen (secondary N) is 3. The van der Waals surface area contributed by atoms with E-state index in [9.17, 15) is 19.4 Å². The molecule has 4 fully saturated rings. The van der Waals surface area contributed by atoms with Crippen LogP contribution < -0.4 is 27.2 Å². The van der Waals surface area contributed by atoms with E-state index in [4.69, 9.17) is 47.1 Å². The maximum atomic E-state index is 10.8. The summed E-state index contributed by atoms with van der Waals surface area (Å²) < 4.78 is 11.3. The molecule has 8 unspecified atom stereocenters. The molecule has 20 heteroatoms. The number of primary amides is 1. The first-order valence-corrected chi connectivity index (χ1v) is 26.7. The van der Waals surface area contributed by atoms with Crippen molar-refractivity contribution in [2.24, 2.45) is 23.3 Å². The quantitative estimate of drug-likeness (QED) is 0.0311. The largest absolute Gasteiger partial charge is 0.481 e. The number of rotatable bonds is 17. The van der Waals surface area contributed by atoms with Gasteiger partial charge in [-0.2, -0.15) is 0 Å². The summed E-state index contributed by atoms with van der Waals surface area (Å²) in [5.41, 5.74) is 16.6. The molecule has 4 saturated carbocycles. The molecule has 2 heterocycles. The summed E-state index contributed by atoms with van der Waals surface area (Å²) in [6.07, 6.45) is 16.7. The van der Waals surface area contributed by atoms with Crippen molar-refractivity contribution in [2.75, 3.05) is 5.88 Å². The van der Waals surface area contributed by atoms with Gasteiger partial charge in [-0.3, -0.25) is 14.4 Å². The lowest BCUT2D eigenvalue weighted by Gasteiger charge is -2.12. The number of Topliss-reactive ketones (excluding diaryl/α,β-unsaturated/α-hetero) is 1. The number of nitrogens with two attached hydrogens (primary N) is 2. The van der Waals surface area contributed by atoms with E-state index in [0.29, 0.717) is 36.8 Å². The highest BCUT2D eigenvalue weighted by molar-refractivity contribution is 6.46. The second-order valence-electron chi connectivity index (χ2n) is 20.2. The van der Waals surface area contributed by atoms with E-state index in [1.54, 1.807) is 33.0 Å². The topological polar surface area (TPSA) is 272 Å². The van der Waals surface area contributed by atoms with Gasteiger partial charge in [-0.1, -0.05) is 113 Å². The van der Waals surface area contributed by atoms with Crippen LogP contribution in [0.1, 0.15) is 151 Å². The van der Waals surface area contributed by atoms with Crippen molar-refractivity contribution < 1.29 is 43.4 Å². The van der Waals surface area contributed by atoms with Crippen LogP contribution in [0.5, 0.6) is 0 Å². The number of carboxylic acids is 1. The minimum Gasteiger partial charge on any atom is -0.481 e. The molecule has 0 bridgehead atoms. The smallest absolute Gasteiger partial charge is 0.373 e. The van der Waals surface area contributed by atoms with Gasteiger partial charge < -0.3 is 56.2 Å². The van der Waals surface area contributed by atoms with E-state index < -0.39 is 27.1 Å². The Kier molecular flexibility index (Phi) is 31.9. The number of ketones is 1. The number of hydrogen-bond acceptors (Lipinski definition) is 14. The van der Waals surface area contributed by atoms with Gasteiger partial charge in [-0.05, 0) is 132 Å². The summed E-state index contributed by atoms with van der Waals surface area (Å²) in [5.74, 6) is 1.52. The van der Waals surface area contributed by atoms with Gasteiger partial charge in [-0.15, -0.1) is 11.6 Å². The summed E-state index contributed by atoms with van der Waals surface area (Å²) in [6.45, 7) is 5.09. The number of halogens is 1. The highest BCUT2D eigenvalue weighted by Gasteiger charge is 2.32. The van der Waals surface area contributed by atoms with E-state index in [-0.39, 0.29) is 63.8 Å². The van der Waals surface area contributed by atoms with Gasteiger partial charge in [0.1, 0.15) is 12.5 Å². The Balaban J connectivity index is 0.000000334. The van der Waals surface area contributed by atoms with Crippen LogP contribution in [0.15, 0.2) is 112 Å². The van der Waals surface area contributed by atoms with Crippen LogP contribution in [0.2, 0.25) is 20.5 Å². The van der Waals surface area contributed by atoms with E-state index in [2.05, 4.69) is 49.9 Å². The fourth-order valence-electron chi connectivity index (χ4n) is 10.0. The number of oxazole rings is 2. The maximum Gasteiger partial charge on any atom is 0.373 e. The number of aromatic nitrogens is 2. The number of alkyl halides is 1. The van der Waals surface area contributed by atoms with E-state index in [1.165, 1.54) is 11.1 Å². The Morgan fingerprint density at radius 2 is 0.974 bits per heavy atom. The molecule has 2 aromatic heterocycles. The van der Waals surface area contributed by atoms with Gasteiger partial charge in [0.05, 0.1) is 23.2 Å². The van der Waals surface area contributed by atoms with Crippen molar-refractivity contribution in [3.63, 3.8) is 0 Å². The van der Waals surface area contributed by atoms with Gasteiger partial charge in [0, 0.05) is 43.1 Å². The van der Waals surface area contributed by atoms with Crippen molar-refractivity contribution in [1.29, 1.82) is 0 Å². The zero-order chi connectivity index (χ0) is 53.4. The van der Waals surface area contributed by atoms with Crippen LogP contribution in [0, 0.1) is 11.8 Å². The third-order valence-electron chi connectivity index (χ3n) is 13.6. The highest BCUT2D eigenvalue weighted by Crippen LogP contribution is 2.35. The Hall–Kier alpha value is -5.11. The van der Waals surface area contributed by atoms with Gasteiger partial charge in [0.25, 0.3) is 0 Å². The van der Waals surface area contributed by atoms with Crippen LogP contribution in [0.4, 0.5) is 0 Å². The van der Waals surface area contributed by atoms with Gasteiger partial charge >= 0.3 is 27.1 Å². The third-order valence-corrected chi connectivity index (χ3v) is 13.9. The van der Waals surface area contributed by atoms with Crippen molar-refractivity contribution in [1.82, 2.24) is 25.7 Å². The van der Waals surface area contributed by atoms with Gasteiger partial charge in [0.15, 0.2) is 17.6 Å². The standard InChI is InChI=1S/C16H21BN2O2.C15H18N2O.C9H9ClO.C7H15BN2O2.C7H14BNO3.3CH4/c1-17(20)19-14-8-7-13(10-14)16-18-15(11-21-16)9-12-5-3-2-4-6-12;16-13-7-6-12(9-13)15-17-14(10-18-15)8-11-4-2-1-3-5-11;10-7-9(11)6-8-4-2-1-3-5-8;1-8(12)10-6-3-2-5(4-6)7(9)11;1-8(12)9-6-3-2-5(4-6)7(10)11;;;/h2-6,11,13-14,19-20H,7-10H2,1H3;1-5,10,12-13H,6-9,16H2;1-5H,6-7H2;5-6,10,12H,2-4H2,1H3,(H2,9,11);5-6,9,12H,2-4H2,1H3,(H,10,11);3*1H4. The van der Waals surface area contributed by atoms with Gasteiger partial charge in [-0.25, -0.2) is 9.97 Å². The number of amides is 1. The minimum absolute atomic E-state index is 0. The molecular weight excluding hydrogens is 995 g/mol. The molecular formula is C57H89B3ClN7O9. The lowest BCUT2D eigenvalue weighted by atomic mass is 9.87. The van der Waals surface area contributed by atoms with Crippen LogP contribution in [0.3, 0.4) is 0 Å². The average molecular weight is 1080 g/mol. The Morgan fingerprint density at radius 3 is 1.35 bits per heavy atom. The number of benzene rings is 3. The van der Waals surface area contributed by atoms with E-state index >= 15 is 0 Å². The summed E-state index contributed by atoms with van der Waals surface area (Å²) in [6, 6.07) is 31.4. The highest BCUT2D eigenvalue weighted by atomic mass is 35.5. The minimum atomic E-state index is -0.718. The Morgan fingerprint density at radius 1 is 0.584 bits per heavy atom. The van der Waals surface area contributed by atoms with Crippen molar-refractivity contribution in [3.05, 3.63) is 143 Å². The molecule has 77 heavy (non-hydrogen) atoms. The molecule has 8 atom stereocenters. The maximum absolute atomic E-state index is 10.8. The monoisotopic (exact) mass is 1080 g/mol. The normalized spacial score (nSPS) is 21.7. The number of hydrogen-bond donors (Lipinski definition) is 9. The van der Waals surface area contributed by atoms with Crippen molar-refractivity contribution in [3.8, 4) is 0 Å². The molecule has 0 saturated heterocycles. The SMILES string of the molecule is C.C.C.CB(O)NC1CCC(C(=O)O)C1.CB(O)NC1CCC(C(N)=O)C1.CB(O)NC1CCC(c2nc(Cc3ccccc3)co2)C1.NC1CCC(c2nc(Cc3ccccc3)co2)C1.O=C(CCl)Cc1ccccc1. The van der Waals surface area contributed by atoms with E-state index in [1.807, 2.05) is 66.7 Å². The Labute approximate surface area is 465 Å². The lowest BCUT2D eigenvalue weighted by molar-refractivity contribution is -0.141. The first kappa shape index (κ1) is 68.0. The molecule has 5 aromatic rings. The molecule has 4 aliphatic rings. The first-order chi connectivity index (χ1) is 35.5. The molecule has 1 amide bonds. The molecule has 422 valence electrons. The molecule has 4 aliphatic carbocycles. The Bertz CT molecular complexity index is 2350. The summed E-state index contributed by atoms with van der Waals surface area (Å²) >= 11 is 5.35. The average Bonchev–Trinajstić information content (AvgIpc) is 4.25. The molecule has 11 N–H and O–H groups in total. The fraction of sp³-hybridized carbons (Fsp3) is 0.526. The number of nitrogens with zero attached hydrogens (tertiary/aromatic N) is 2. The predicted molar refractivity (Wildman–Crippen MR) is 313 cm³/mol. The lowest BCUT2D eigenvalue weighted by Crippen LogP contribution is -2.38. The molecule has 16 nitrogen and oxygen atoms in total. The summed E-state index contributed by atoms with van der Waals surface area (Å²) in [7, 11) is -1.49. The van der Waals surface area contributed by atoms with Crippen LogP contribution in [-0.2, 0) is 33.6 Å². The van der Waals surface area contributed by atoms with Gasteiger partial charge in [0.2, 0.25) is 5.91 Å². The van der Waals surface area contributed by atoms with Crippen molar-refractivity contribution >= 4 is 50.4 Å². The molecule has 3 aromatic carbocycles. The fourth-order valence-corrected chi connectivity index (χ4v) is 10.1. The van der Waals surface area contributed by atoms with Crippen LogP contribution >= 0.6 is 11.6 Å². The van der Waals surface area contributed by atoms with Crippen molar-refractivity contribution in [2.45, 2.75) is 175 Å². The van der Waals surface area contributed by atoms with Crippen LogP contribution in [0.25, 0.3) is 0 Å². The molecule has 0 radical (unpaired) electrons. The number of carboxylic acid groups (broad SMARTS) is 1. The molecule has 9 rings (SSSR count).